The van der Waals surface area contributed by atoms with Crippen LogP contribution in [0.1, 0.15) is 45.1 Å². The van der Waals surface area contributed by atoms with Gasteiger partial charge < -0.3 is 9.73 Å². The lowest BCUT2D eigenvalue weighted by atomic mass is 9.97. The van der Waals surface area contributed by atoms with Crippen LogP contribution in [0.3, 0.4) is 0 Å². The highest BCUT2D eigenvalue weighted by atomic mass is 19.1. The van der Waals surface area contributed by atoms with E-state index in [0.717, 1.165) is 5.56 Å². The summed E-state index contributed by atoms with van der Waals surface area (Å²) in [7, 11) is 0. The predicted molar refractivity (Wildman–Crippen MR) is 115 cm³/mol. The van der Waals surface area contributed by atoms with E-state index in [1.807, 2.05) is 20.8 Å². The summed E-state index contributed by atoms with van der Waals surface area (Å²) in [5.74, 6) is -0.288. The minimum atomic E-state index is -0.379. The van der Waals surface area contributed by atoms with Gasteiger partial charge in [0.25, 0.3) is 5.91 Å². The number of carbonyl (C=O) groups excluding carboxylic acids is 2. The van der Waals surface area contributed by atoms with Crippen LogP contribution in [0.4, 0.5) is 10.1 Å². The Balaban J connectivity index is 1.50. The van der Waals surface area contributed by atoms with Crippen molar-refractivity contribution in [1.82, 2.24) is 9.99 Å². The van der Waals surface area contributed by atoms with Crippen LogP contribution in [-0.4, -0.2) is 27.5 Å². The van der Waals surface area contributed by atoms with Crippen molar-refractivity contribution in [2.24, 2.45) is 5.10 Å². The van der Waals surface area contributed by atoms with E-state index >= 15 is 0 Å². The number of nitrogens with one attached hydrogen (secondary N) is 1. The highest BCUT2D eigenvalue weighted by Gasteiger charge is 2.25. The quantitative estimate of drug-likeness (QED) is 0.676. The fourth-order valence-corrected chi connectivity index (χ4v) is 3.18. The summed E-state index contributed by atoms with van der Waals surface area (Å²) in [5.41, 5.74) is 2.63. The summed E-state index contributed by atoms with van der Waals surface area (Å²) in [4.78, 5) is 29.5. The third-order valence-electron chi connectivity index (χ3n) is 4.90. The van der Waals surface area contributed by atoms with Crippen LogP contribution in [0.5, 0.6) is 0 Å². The lowest BCUT2D eigenvalue weighted by molar-refractivity contribution is -0.132. The number of rotatable bonds is 4. The topological polar surface area (TPSA) is 87.8 Å². The maximum atomic E-state index is 13.1. The van der Waals surface area contributed by atoms with E-state index in [9.17, 15) is 14.0 Å². The van der Waals surface area contributed by atoms with E-state index in [2.05, 4.69) is 15.4 Å². The van der Waals surface area contributed by atoms with Gasteiger partial charge in [0, 0.05) is 23.9 Å². The lowest BCUT2D eigenvalue weighted by Crippen LogP contribution is -2.36. The van der Waals surface area contributed by atoms with E-state index < -0.39 is 0 Å². The average molecular weight is 422 g/mol. The number of carbonyl (C=O) groups is 2. The van der Waals surface area contributed by atoms with Crippen molar-refractivity contribution in [3.63, 3.8) is 0 Å². The zero-order valence-electron chi connectivity index (χ0n) is 17.6. The van der Waals surface area contributed by atoms with Crippen LogP contribution in [0, 0.1) is 5.82 Å². The molecule has 0 aliphatic carbocycles. The number of aromatic nitrogens is 1. The Morgan fingerprint density at radius 2 is 1.90 bits per heavy atom. The standard InChI is InChI=1S/C23H23FN4O3/c1-23(2,3)22-26-18-12-16(8-10-19(18)31-22)25-21(30)17-9-11-20(29)28(27-17)13-14-4-6-15(24)7-5-14/h4-8,10,12H,9,11,13H2,1-3H3,(H,25,30). The molecular weight excluding hydrogens is 399 g/mol. The second kappa shape index (κ2) is 7.94. The maximum absolute atomic E-state index is 13.1. The van der Waals surface area contributed by atoms with E-state index in [1.165, 1.54) is 17.1 Å². The number of fused-ring (bicyclic) bond motifs is 1. The molecule has 1 aliphatic heterocycles. The third kappa shape index (κ3) is 4.63. The molecule has 8 heteroatoms. The van der Waals surface area contributed by atoms with Gasteiger partial charge in [-0.25, -0.2) is 14.4 Å². The van der Waals surface area contributed by atoms with Crippen molar-refractivity contribution < 1.29 is 18.4 Å². The number of anilines is 1. The molecule has 2 heterocycles. The average Bonchev–Trinajstić information content (AvgIpc) is 3.15. The highest BCUT2D eigenvalue weighted by molar-refractivity contribution is 6.43. The molecule has 160 valence electrons. The van der Waals surface area contributed by atoms with Crippen LogP contribution >= 0.6 is 0 Å². The van der Waals surface area contributed by atoms with Gasteiger partial charge in [-0.2, -0.15) is 5.10 Å². The van der Waals surface area contributed by atoms with Crippen LogP contribution in [0.25, 0.3) is 11.1 Å². The van der Waals surface area contributed by atoms with Gasteiger partial charge in [0.15, 0.2) is 5.58 Å². The van der Waals surface area contributed by atoms with Gasteiger partial charge in [-0.15, -0.1) is 0 Å². The summed E-state index contributed by atoms with van der Waals surface area (Å²) < 4.78 is 18.9. The number of oxazole rings is 1. The first-order valence-corrected chi connectivity index (χ1v) is 10.0. The van der Waals surface area contributed by atoms with Gasteiger partial charge in [0.1, 0.15) is 17.0 Å². The molecule has 0 spiro atoms. The zero-order valence-corrected chi connectivity index (χ0v) is 17.6. The molecule has 2 aromatic carbocycles. The van der Waals surface area contributed by atoms with E-state index in [4.69, 9.17) is 4.42 Å². The molecule has 31 heavy (non-hydrogen) atoms. The molecule has 0 saturated carbocycles. The zero-order chi connectivity index (χ0) is 22.2. The Morgan fingerprint density at radius 1 is 1.16 bits per heavy atom. The van der Waals surface area contributed by atoms with E-state index in [0.29, 0.717) is 22.7 Å². The normalized spacial score (nSPS) is 14.6. The van der Waals surface area contributed by atoms with Crippen molar-refractivity contribution in [1.29, 1.82) is 0 Å². The third-order valence-corrected chi connectivity index (χ3v) is 4.90. The Morgan fingerprint density at radius 3 is 2.61 bits per heavy atom. The van der Waals surface area contributed by atoms with Gasteiger partial charge in [-0.1, -0.05) is 32.9 Å². The number of hydrazone groups is 1. The van der Waals surface area contributed by atoms with E-state index in [1.54, 1.807) is 30.3 Å². The van der Waals surface area contributed by atoms with Crippen molar-refractivity contribution in [2.75, 3.05) is 5.32 Å². The molecule has 7 nitrogen and oxygen atoms in total. The molecule has 1 N–H and O–H groups in total. The first-order valence-electron chi connectivity index (χ1n) is 10.0. The molecule has 1 aliphatic rings. The predicted octanol–water partition coefficient (Wildman–Crippen LogP) is 4.38. The smallest absolute Gasteiger partial charge is 0.271 e. The van der Waals surface area contributed by atoms with Crippen molar-refractivity contribution in [3.05, 3.63) is 59.7 Å². The second-order valence-corrected chi connectivity index (χ2v) is 8.53. The Hall–Kier alpha value is -3.55. The molecule has 0 atom stereocenters. The molecule has 0 saturated heterocycles. The fourth-order valence-electron chi connectivity index (χ4n) is 3.18. The molecule has 0 fully saturated rings. The Bertz CT molecular complexity index is 1180. The second-order valence-electron chi connectivity index (χ2n) is 8.53. The van der Waals surface area contributed by atoms with Gasteiger partial charge in [-0.05, 0) is 35.9 Å². The van der Waals surface area contributed by atoms with Crippen LogP contribution < -0.4 is 5.32 Å². The first kappa shape index (κ1) is 20.7. The minimum absolute atomic E-state index is 0.177. The molecule has 0 bridgehead atoms. The highest BCUT2D eigenvalue weighted by Crippen LogP contribution is 2.27. The molecule has 3 aromatic rings. The summed E-state index contributed by atoms with van der Waals surface area (Å²) in [6.07, 6.45) is 0.440. The van der Waals surface area contributed by atoms with Crippen LogP contribution in [0.15, 0.2) is 52.0 Å². The Labute approximate surface area is 178 Å². The molecule has 0 unspecified atom stereocenters. The molecule has 1 aromatic heterocycles. The first-order chi connectivity index (χ1) is 14.7. The minimum Gasteiger partial charge on any atom is -0.440 e. The monoisotopic (exact) mass is 422 g/mol. The van der Waals surface area contributed by atoms with Gasteiger partial charge in [0.2, 0.25) is 11.8 Å². The van der Waals surface area contributed by atoms with Crippen molar-refractivity contribution >= 4 is 34.3 Å². The lowest BCUT2D eigenvalue weighted by Gasteiger charge is -2.23. The number of nitrogens with zero attached hydrogens (tertiary/aromatic N) is 3. The number of hydrogen-bond donors (Lipinski definition) is 1. The number of halogens is 1. The van der Waals surface area contributed by atoms with Crippen molar-refractivity contribution in [3.8, 4) is 0 Å². The van der Waals surface area contributed by atoms with Crippen LogP contribution in [0.2, 0.25) is 0 Å². The molecule has 2 amide bonds. The number of hydrogen-bond acceptors (Lipinski definition) is 5. The summed E-state index contributed by atoms with van der Waals surface area (Å²) >= 11 is 0. The molecule has 4 rings (SSSR count). The summed E-state index contributed by atoms with van der Waals surface area (Å²) in [5, 5.41) is 8.31. The van der Waals surface area contributed by atoms with Crippen molar-refractivity contribution in [2.45, 2.75) is 45.6 Å². The van der Waals surface area contributed by atoms with E-state index in [-0.39, 0.29) is 48.1 Å². The molecule has 0 radical (unpaired) electrons. The number of benzene rings is 2. The SMILES string of the molecule is CC(C)(C)c1nc2cc(NC(=O)C3=NN(Cc4ccc(F)cc4)C(=O)CC3)ccc2o1. The fraction of sp³-hybridized carbons (Fsp3) is 0.304. The van der Waals surface area contributed by atoms with Crippen LogP contribution in [-0.2, 0) is 21.5 Å². The maximum Gasteiger partial charge on any atom is 0.271 e. The molecular formula is C23H23FN4O3. The summed E-state index contributed by atoms with van der Waals surface area (Å²) in [6.45, 7) is 6.22. The van der Waals surface area contributed by atoms with Gasteiger partial charge >= 0.3 is 0 Å². The number of amides is 2. The van der Waals surface area contributed by atoms with Gasteiger partial charge in [-0.3, -0.25) is 9.59 Å². The van der Waals surface area contributed by atoms with Gasteiger partial charge in [0.05, 0.1) is 6.54 Å². The largest absolute Gasteiger partial charge is 0.440 e. The Kier molecular flexibility index (Phi) is 5.31. The summed E-state index contributed by atoms with van der Waals surface area (Å²) in [6, 6.07) is 11.1.